The number of aliphatic hydroxyl groups excluding tert-OH is 1. The summed E-state index contributed by atoms with van der Waals surface area (Å²) in [5, 5.41) is 19.5. The number of nitro groups is 1. The van der Waals surface area contributed by atoms with Gasteiger partial charge in [-0.15, -0.1) is 6.58 Å². The van der Waals surface area contributed by atoms with E-state index in [0.29, 0.717) is 13.1 Å². The first kappa shape index (κ1) is 14.3. The van der Waals surface area contributed by atoms with Crippen LogP contribution in [-0.2, 0) is 6.54 Å². The summed E-state index contributed by atoms with van der Waals surface area (Å²) in [4.78, 5) is 11.6. The van der Waals surface area contributed by atoms with Crippen LogP contribution in [0, 0.1) is 15.9 Å². The van der Waals surface area contributed by atoms with Gasteiger partial charge >= 0.3 is 5.69 Å². The first-order valence-electron chi connectivity index (χ1n) is 5.46. The Balaban J connectivity index is 2.91. The third-order valence-corrected chi connectivity index (χ3v) is 2.45. The number of nitro benzene ring substituents is 1. The third kappa shape index (κ3) is 3.61. The summed E-state index contributed by atoms with van der Waals surface area (Å²) in [7, 11) is 0. The first-order chi connectivity index (χ1) is 8.60. The lowest BCUT2D eigenvalue weighted by Crippen LogP contribution is -2.27. The van der Waals surface area contributed by atoms with Crippen molar-refractivity contribution in [2.24, 2.45) is 0 Å². The Hall–Kier alpha value is -1.79. The number of hydrogen-bond donors (Lipinski definition) is 1. The van der Waals surface area contributed by atoms with Crippen LogP contribution in [0.15, 0.2) is 30.9 Å². The molecule has 0 saturated heterocycles. The summed E-state index contributed by atoms with van der Waals surface area (Å²) >= 11 is 0. The summed E-state index contributed by atoms with van der Waals surface area (Å²) in [5.74, 6) is -0.825. The minimum absolute atomic E-state index is 0.0651. The molecule has 0 spiro atoms. The molecule has 0 aliphatic carbocycles. The van der Waals surface area contributed by atoms with Crippen molar-refractivity contribution < 1.29 is 14.4 Å². The highest BCUT2D eigenvalue weighted by Crippen LogP contribution is 2.21. The largest absolute Gasteiger partial charge is 0.395 e. The van der Waals surface area contributed by atoms with E-state index >= 15 is 0 Å². The van der Waals surface area contributed by atoms with E-state index in [9.17, 15) is 14.5 Å². The molecule has 0 aromatic heterocycles. The van der Waals surface area contributed by atoms with Crippen molar-refractivity contribution in [3.63, 3.8) is 0 Å². The molecule has 98 valence electrons. The van der Waals surface area contributed by atoms with E-state index in [0.717, 1.165) is 6.07 Å². The summed E-state index contributed by atoms with van der Waals surface area (Å²) < 4.78 is 13.8. The second-order valence-electron chi connectivity index (χ2n) is 3.75. The first-order valence-corrected chi connectivity index (χ1v) is 5.46. The lowest BCUT2D eigenvalue weighted by Gasteiger charge is -2.19. The molecule has 0 atom stereocenters. The highest BCUT2D eigenvalue weighted by Gasteiger charge is 2.18. The van der Waals surface area contributed by atoms with E-state index in [1.165, 1.54) is 12.1 Å². The fraction of sp³-hybridized carbons (Fsp3) is 0.333. The molecule has 0 amide bonds. The average Bonchev–Trinajstić information content (AvgIpc) is 2.32. The Morgan fingerprint density at radius 2 is 2.28 bits per heavy atom. The van der Waals surface area contributed by atoms with Crippen LogP contribution in [0.1, 0.15) is 5.56 Å². The predicted octanol–water partition coefficient (Wildman–Crippen LogP) is 1.71. The number of hydrogen-bond acceptors (Lipinski definition) is 4. The highest BCUT2D eigenvalue weighted by atomic mass is 19.1. The van der Waals surface area contributed by atoms with E-state index < -0.39 is 16.4 Å². The van der Waals surface area contributed by atoms with Crippen molar-refractivity contribution in [3.8, 4) is 0 Å². The molecule has 0 aliphatic heterocycles. The van der Waals surface area contributed by atoms with Crippen LogP contribution in [0.4, 0.5) is 10.1 Å². The standard InChI is InChI=1S/C12H15FN2O3/c1-2-6-14(7-8-16)9-10-4-3-5-11(12(10)13)15(17)18/h2-5,16H,1,6-9H2. The van der Waals surface area contributed by atoms with Gasteiger partial charge in [-0.25, -0.2) is 0 Å². The van der Waals surface area contributed by atoms with Crippen LogP contribution < -0.4 is 0 Å². The maximum Gasteiger partial charge on any atom is 0.305 e. The molecule has 6 heteroatoms. The van der Waals surface area contributed by atoms with E-state index in [4.69, 9.17) is 5.11 Å². The molecule has 0 fully saturated rings. The Bertz CT molecular complexity index is 437. The van der Waals surface area contributed by atoms with Gasteiger partial charge in [0.2, 0.25) is 5.82 Å². The van der Waals surface area contributed by atoms with Crippen molar-refractivity contribution in [2.45, 2.75) is 6.54 Å². The van der Waals surface area contributed by atoms with Crippen molar-refractivity contribution in [1.82, 2.24) is 4.90 Å². The zero-order valence-electron chi connectivity index (χ0n) is 9.88. The molecule has 1 aromatic rings. The molecule has 0 unspecified atom stereocenters. The van der Waals surface area contributed by atoms with Crippen molar-refractivity contribution in [2.75, 3.05) is 19.7 Å². The summed E-state index contributed by atoms with van der Waals surface area (Å²) in [5.41, 5.74) is -0.297. The normalized spacial score (nSPS) is 10.6. The Morgan fingerprint density at radius 3 is 2.83 bits per heavy atom. The minimum Gasteiger partial charge on any atom is -0.395 e. The Labute approximate surface area is 104 Å². The predicted molar refractivity (Wildman–Crippen MR) is 65.6 cm³/mol. The lowest BCUT2D eigenvalue weighted by molar-refractivity contribution is -0.387. The van der Waals surface area contributed by atoms with Gasteiger partial charge in [-0.3, -0.25) is 15.0 Å². The van der Waals surface area contributed by atoms with Gasteiger partial charge < -0.3 is 5.11 Å². The van der Waals surface area contributed by atoms with E-state index in [-0.39, 0.29) is 18.7 Å². The van der Waals surface area contributed by atoms with Gasteiger partial charge in [0.25, 0.3) is 0 Å². The van der Waals surface area contributed by atoms with E-state index in [1.807, 2.05) is 0 Å². The molecule has 1 aromatic carbocycles. The number of aliphatic hydroxyl groups is 1. The third-order valence-electron chi connectivity index (χ3n) is 2.45. The number of nitrogens with zero attached hydrogens (tertiary/aromatic N) is 2. The fourth-order valence-corrected chi connectivity index (χ4v) is 1.63. The second kappa shape index (κ2) is 6.83. The topological polar surface area (TPSA) is 66.6 Å². The van der Waals surface area contributed by atoms with E-state index in [1.54, 1.807) is 11.0 Å². The Kier molecular flexibility index (Phi) is 5.41. The summed E-state index contributed by atoms with van der Waals surface area (Å²) in [6.45, 7) is 4.53. The number of benzene rings is 1. The Morgan fingerprint density at radius 1 is 1.56 bits per heavy atom. The van der Waals surface area contributed by atoms with Gasteiger partial charge in [0.15, 0.2) is 0 Å². The molecule has 5 nitrogen and oxygen atoms in total. The molecule has 1 rings (SSSR count). The summed E-state index contributed by atoms with van der Waals surface area (Å²) in [6, 6.07) is 4.07. The SMILES string of the molecule is C=CCN(CCO)Cc1cccc([N+](=O)[O-])c1F. The molecule has 0 heterocycles. The number of rotatable bonds is 7. The van der Waals surface area contributed by atoms with Crippen molar-refractivity contribution in [1.29, 1.82) is 0 Å². The van der Waals surface area contributed by atoms with Crippen LogP contribution in [-0.4, -0.2) is 34.6 Å². The molecular weight excluding hydrogens is 239 g/mol. The fourth-order valence-electron chi connectivity index (χ4n) is 1.63. The number of halogens is 1. The van der Waals surface area contributed by atoms with Crippen LogP contribution in [0.2, 0.25) is 0 Å². The molecule has 0 radical (unpaired) electrons. The van der Waals surface area contributed by atoms with Crippen LogP contribution in [0.25, 0.3) is 0 Å². The molecule has 0 bridgehead atoms. The second-order valence-corrected chi connectivity index (χ2v) is 3.75. The molecular formula is C12H15FN2O3. The minimum atomic E-state index is -0.825. The zero-order valence-corrected chi connectivity index (χ0v) is 9.88. The lowest BCUT2D eigenvalue weighted by atomic mass is 10.1. The zero-order chi connectivity index (χ0) is 13.5. The highest BCUT2D eigenvalue weighted by molar-refractivity contribution is 5.36. The van der Waals surface area contributed by atoms with Crippen LogP contribution in [0.3, 0.4) is 0 Å². The van der Waals surface area contributed by atoms with Crippen molar-refractivity contribution in [3.05, 3.63) is 52.3 Å². The van der Waals surface area contributed by atoms with Gasteiger partial charge in [0.05, 0.1) is 11.5 Å². The van der Waals surface area contributed by atoms with Gasteiger partial charge in [0.1, 0.15) is 0 Å². The molecule has 0 saturated carbocycles. The monoisotopic (exact) mass is 254 g/mol. The average molecular weight is 254 g/mol. The maximum atomic E-state index is 13.8. The van der Waals surface area contributed by atoms with Gasteiger partial charge in [-0.1, -0.05) is 18.2 Å². The quantitative estimate of drug-likeness (QED) is 0.457. The maximum absolute atomic E-state index is 13.8. The molecule has 18 heavy (non-hydrogen) atoms. The summed E-state index contributed by atoms with van der Waals surface area (Å²) in [6.07, 6.45) is 1.63. The van der Waals surface area contributed by atoms with Crippen LogP contribution >= 0.6 is 0 Å². The van der Waals surface area contributed by atoms with Gasteiger partial charge in [-0.2, -0.15) is 4.39 Å². The van der Waals surface area contributed by atoms with Gasteiger partial charge in [-0.05, 0) is 0 Å². The van der Waals surface area contributed by atoms with Crippen molar-refractivity contribution >= 4 is 5.69 Å². The molecule has 0 aliphatic rings. The van der Waals surface area contributed by atoms with Crippen LogP contribution in [0.5, 0.6) is 0 Å². The smallest absolute Gasteiger partial charge is 0.305 e. The van der Waals surface area contributed by atoms with Gasteiger partial charge in [0, 0.05) is 31.3 Å². The van der Waals surface area contributed by atoms with E-state index in [2.05, 4.69) is 6.58 Å². The molecule has 1 N–H and O–H groups in total.